The first kappa shape index (κ1) is 22.7. The number of carbonyl (C=O) groups is 1. The number of amides is 1. The average molecular weight is 478 g/mol. The molecule has 1 saturated heterocycles. The SMILES string of the molecule is NC(=O)C(O)[C@H]1O[C@@H](n2cnc3c(Nc4ccc(Oc5ccccc5)cc4)ncnc32)[C@H](O)[C@@H]1O. The Hall–Kier alpha value is -4.10. The van der Waals surface area contributed by atoms with Gasteiger partial charge in [-0.2, -0.15) is 0 Å². The number of rotatable bonds is 7. The number of hydrogen-bond donors (Lipinski definition) is 5. The van der Waals surface area contributed by atoms with E-state index >= 15 is 0 Å². The summed E-state index contributed by atoms with van der Waals surface area (Å²) in [5.74, 6) is 0.708. The van der Waals surface area contributed by atoms with Crippen molar-refractivity contribution in [1.82, 2.24) is 19.5 Å². The normalized spacial score (nSPS) is 22.7. The van der Waals surface area contributed by atoms with E-state index in [0.29, 0.717) is 22.7 Å². The molecule has 1 aliphatic heterocycles. The summed E-state index contributed by atoms with van der Waals surface area (Å²) in [5.41, 5.74) is 6.50. The van der Waals surface area contributed by atoms with Crippen molar-refractivity contribution in [2.75, 3.05) is 5.32 Å². The molecular formula is C23H22N6O6. The second kappa shape index (κ2) is 9.27. The van der Waals surface area contributed by atoms with Crippen molar-refractivity contribution in [2.24, 2.45) is 5.73 Å². The van der Waals surface area contributed by atoms with E-state index in [1.807, 2.05) is 42.5 Å². The molecule has 1 fully saturated rings. The third-order valence-electron chi connectivity index (χ3n) is 5.61. The molecule has 0 bridgehead atoms. The molecule has 12 heteroatoms. The number of nitrogens with two attached hydrogens (primary N) is 1. The number of benzene rings is 2. The van der Waals surface area contributed by atoms with E-state index in [-0.39, 0.29) is 0 Å². The van der Waals surface area contributed by atoms with Crippen molar-refractivity contribution in [2.45, 2.75) is 30.6 Å². The Balaban J connectivity index is 1.36. The second-order valence-corrected chi connectivity index (χ2v) is 7.93. The molecule has 5 atom stereocenters. The molecule has 4 aromatic rings. The van der Waals surface area contributed by atoms with Gasteiger partial charge in [-0.1, -0.05) is 18.2 Å². The Labute approximate surface area is 198 Å². The fraction of sp³-hybridized carbons (Fsp3) is 0.217. The van der Waals surface area contributed by atoms with Crippen LogP contribution >= 0.6 is 0 Å². The number of para-hydroxylation sites is 1. The summed E-state index contributed by atoms with van der Waals surface area (Å²) in [4.78, 5) is 24.1. The highest BCUT2D eigenvalue weighted by atomic mass is 16.6. The third kappa shape index (κ3) is 4.38. The maximum Gasteiger partial charge on any atom is 0.249 e. The molecule has 5 rings (SSSR count). The number of hydrogen-bond acceptors (Lipinski definition) is 10. The lowest BCUT2D eigenvalue weighted by Gasteiger charge is -2.18. The largest absolute Gasteiger partial charge is 0.457 e. The predicted molar refractivity (Wildman–Crippen MR) is 123 cm³/mol. The predicted octanol–water partition coefficient (Wildman–Crippen LogP) is 0.828. The number of fused-ring (bicyclic) bond motifs is 1. The summed E-state index contributed by atoms with van der Waals surface area (Å²) in [6.45, 7) is 0. The Bertz CT molecular complexity index is 1330. The Morgan fingerprint density at radius 3 is 2.46 bits per heavy atom. The highest BCUT2D eigenvalue weighted by molar-refractivity contribution is 5.85. The van der Waals surface area contributed by atoms with Crippen LogP contribution in [0.3, 0.4) is 0 Å². The summed E-state index contributed by atoms with van der Waals surface area (Å²) in [5, 5.41) is 33.8. The van der Waals surface area contributed by atoms with Crippen molar-refractivity contribution in [1.29, 1.82) is 0 Å². The smallest absolute Gasteiger partial charge is 0.249 e. The molecule has 1 unspecified atom stereocenters. The lowest BCUT2D eigenvalue weighted by Crippen LogP contribution is -2.45. The zero-order valence-electron chi connectivity index (χ0n) is 18.2. The van der Waals surface area contributed by atoms with E-state index in [2.05, 4.69) is 20.3 Å². The molecule has 0 aliphatic carbocycles. The van der Waals surface area contributed by atoms with Crippen LogP contribution in [0, 0.1) is 0 Å². The molecule has 12 nitrogen and oxygen atoms in total. The number of nitrogens with one attached hydrogen (secondary N) is 1. The van der Waals surface area contributed by atoms with Crippen LogP contribution < -0.4 is 15.8 Å². The molecular weight excluding hydrogens is 456 g/mol. The molecule has 2 aromatic heterocycles. The van der Waals surface area contributed by atoms with Gasteiger partial charge in [0.15, 0.2) is 29.3 Å². The number of anilines is 2. The van der Waals surface area contributed by atoms with Gasteiger partial charge in [-0.15, -0.1) is 0 Å². The molecule has 35 heavy (non-hydrogen) atoms. The average Bonchev–Trinajstić information content (AvgIpc) is 3.42. The van der Waals surface area contributed by atoms with Gasteiger partial charge in [0.2, 0.25) is 5.91 Å². The number of aromatic nitrogens is 4. The topological polar surface area (TPSA) is 178 Å². The monoisotopic (exact) mass is 478 g/mol. The standard InChI is InChI=1S/C23H22N6O6/c24-20(33)18(32)19-16(30)17(31)23(35-19)29-11-27-15-21(25-10-26-22(15)29)28-12-6-8-14(9-7-12)34-13-4-2-1-3-5-13/h1-11,16-19,23,30-32H,(H2,24,33)(H,25,26,28)/t16-,17+,18?,19-,23+/m0/s1. The number of primary amides is 1. The van der Waals surface area contributed by atoms with Crippen LogP contribution in [-0.2, 0) is 9.53 Å². The number of imidazole rings is 1. The summed E-state index contributed by atoms with van der Waals surface area (Å²) in [7, 11) is 0. The molecule has 0 radical (unpaired) electrons. The van der Waals surface area contributed by atoms with Crippen molar-refractivity contribution in [3.05, 3.63) is 67.3 Å². The summed E-state index contributed by atoms with van der Waals surface area (Å²) in [6.07, 6.45) is -4.69. The van der Waals surface area contributed by atoms with Crippen molar-refractivity contribution < 1.29 is 29.6 Å². The van der Waals surface area contributed by atoms with Gasteiger partial charge < -0.3 is 35.8 Å². The minimum atomic E-state index is -1.79. The second-order valence-electron chi connectivity index (χ2n) is 7.93. The highest BCUT2D eigenvalue weighted by Gasteiger charge is 2.48. The van der Waals surface area contributed by atoms with Gasteiger partial charge in [0, 0.05) is 5.69 Å². The molecule has 2 aromatic carbocycles. The van der Waals surface area contributed by atoms with Gasteiger partial charge in [0.1, 0.15) is 36.1 Å². The first-order chi connectivity index (χ1) is 16.9. The molecule has 1 amide bonds. The van der Waals surface area contributed by atoms with Crippen molar-refractivity contribution in [3.8, 4) is 11.5 Å². The summed E-state index contributed by atoms with van der Waals surface area (Å²) in [6, 6.07) is 16.7. The Morgan fingerprint density at radius 1 is 1.03 bits per heavy atom. The van der Waals surface area contributed by atoms with Gasteiger partial charge in [-0.05, 0) is 36.4 Å². The van der Waals surface area contributed by atoms with Gasteiger partial charge in [0.05, 0.1) is 6.33 Å². The first-order valence-electron chi connectivity index (χ1n) is 10.7. The van der Waals surface area contributed by atoms with E-state index in [4.69, 9.17) is 15.2 Å². The molecule has 180 valence electrons. The van der Waals surface area contributed by atoms with Crippen LogP contribution in [0.4, 0.5) is 11.5 Å². The van der Waals surface area contributed by atoms with Crippen LogP contribution in [0.15, 0.2) is 67.3 Å². The number of nitrogens with zero attached hydrogens (tertiary/aromatic N) is 4. The van der Waals surface area contributed by atoms with E-state index in [9.17, 15) is 20.1 Å². The zero-order chi connectivity index (χ0) is 24.5. The molecule has 0 saturated carbocycles. The van der Waals surface area contributed by atoms with Crippen LogP contribution in [0.2, 0.25) is 0 Å². The van der Waals surface area contributed by atoms with Gasteiger partial charge >= 0.3 is 0 Å². The fourth-order valence-corrected chi connectivity index (χ4v) is 3.84. The van der Waals surface area contributed by atoms with Crippen LogP contribution in [0.5, 0.6) is 11.5 Å². The van der Waals surface area contributed by atoms with E-state index in [1.54, 1.807) is 12.1 Å². The van der Waals surface area contributed by atoms with Gasteiger partial charge in [-0.25, -0.2) is 15.0 Å². The zero-order valence-corrected chi connectivity index (χ0v) is 18.2. The van der Waals surface area contributed by atoms with E-state index < -0.39 is 36.6 Å². The fourth-order valence-electron chi connectivity index (χ4n) is 3.84. The number of carbonyl (C=O) groups excluding carboxylic acids is 1. The number of ether oxygens (including phenoxy) is 2. The molecule has 6 N–H and O–H groups in total. The minimum absolute atomic E-state index is 0.303. The van der Waals surface area contributed by atoms with Crippen LogP contribution in [0.25, 0.3) is 11.2 Å². The first-order valence-corrected chi connectivity index (χ1v) is 10.7. The van der Waals surface area contributed by atoms with E-state index in [1.165, 1.54) is 17.2 Å². The lowest BCUT2D eigenvalue weighted by molar-refractivity contribution is -0.140. The maximum absolute atomic E-state index is 11.3. The highest BCUT2D eigenvalue weighted by Crippen LogP contribution is 2.34. The quantitative estimate of drug-likeness (QED) is 0.255. The van der Waals surface area contributed by atoms with Crippen molar-refractivity contribution in [3.63, 3.8) is 0 Å². The lowest BCUT2D eigenvalue weighted by atomic mass is 10.1. The Morgan fingerprint density at radius 2 is 1.74 bits per heavy atom. The van der Waals surface area contributed by atoms with Crippen molar-refractivity contribution >= 4 is 28.6 Å². The summed E-state index contributed by atoms with van der Waals surface area (Å²) < 4.78 is 12.7. The van der Waals surface area contributed by atoms with E-state index in [0.717, 1.165) is 11.4 Å². The van der Waals surface area contributed by atoms with Crippen LogP contribution in [0.1, 0.15) is 6.23 Å². The summed E-state index contributed by atoms with van der Waals surface area (Å²) >= 11 is 0. The molecule has 1 aliphatic rings. The molecule has 3 heterocycles. The number of aliphatic hydroxyl groups is 3. The maximum atomic E-state index is 11.3. The Kier molecular flexibility index (Phi) is 6.01. The van der Waals surface area contributed by atoms with Crippen LogP contribution in [-0.4, -0.2) is 65.2 Å². The minimum Gasteiger partial charge on any atom is -0.457 e. The molecule has 0 spiro atoms. The third-order valence-corrected chi connectivity index (χ3v) is 5.61. The number of aliphatic hydroxyl groups excluding tert-OH is 3. The van der Waals surface area contributed by atoms with Gasteiger partial charge in [0.25, 0.3) is 0 Å². The van der Waals surface area contributed by atoms with Gasteiger partial charge in [-0.3, -0.25) is 9.36 Å².